The number of hydrogen-bond acceptors (Lipinski definition) is 6. The molecule has 0 aliphatic heterocycles. The summed E-state index contributed by atoms with van der Waals surface area (Å²) >= 11 is 13.2. The van der Waals surface area contributed by atoms with Crippen LogP contribution in [-0.4, -0.2) is 15.5 Å². The maximum absolute atomic E-state index is 12.2. The van der Waals surface area contributed by atoms with E-state index in [1.165, 1.54) is 36.0 Å². The summed E-state index contributed by atoms with van der Waals surface area (Å²) in [6, 6.07) is 5.62. The van der Waals surface area contributed by atoms with E-state index in [-0.39, 0.29) is 16.3 Å². The van der Waals surface area contributed by atoms with Crippen molar-refractivity contribution in [2.45, 2.75) is 10.9 Å². The van der Waals surface area contributed by atoms with Crippen LogP contribution in [0.15, 0.2) is 57.3 Å². The number of ether oxygens (including phenoxy) is 1. The van der Waals surface area contributed by atoms with Crippen molar-refractivity contribution in [3.63, 3.8) is 0 Å². The molecule has 9 heteroatoms. The number of imidazole rings is 1. The molecule has 0 saturated carbocycles. The molecule has 0 aliphatic rings. The van der Waals surface area contributed by atoms with E-state index in [4.69, 9.17) is 32.4 Å². The number of benzene rings is 1. The molecule has 1 aromatic carbocycles. The highest BCUT2D eigenvalue weighted by Gasteiger charge is 2.16. The van der Waals surface area contributed by atoms with Gasteiger partial charge >= 0.3 is 5.97 Å². The molecule has 0 unspecified atom stereocenters. The second kappa shape index (κ2) is 7.99. The van der Waals surface area contributed by atoms with Gasteiger partial charge in [-0.1, -0.05) is 35.0 Å². The molecule has 6 nitrogen and oxygen atoms in total. The Morgan fingerprint density at radius 2 is 2.15 bits per heavy atom. The first-order chi connectivity index (χ1) is 12.4. The summed E-state index contributed by atoms with van der Waals surface area (Å²) in [5.41, 5.74) is -0.366. The van der Waals surface area contributed by atoms with Crippen molar-refractivity contribution in [2.75, 3.05) is 0 Å². The van der Waals surface area contributed by atoms with Gasteiger partial charge < -0.3 is 13.7 Å². The molecular weight excluding hydrogens is 399 g/mol. The summed E-state index contributed by atoms with van der Waals surface area (Å²) in [5, 5.41) is 1.32. The zero-order chi connectivity index (χ0) is 18.7. The van der Waals surface area contributed by atoms with Crippen molar-refractivity contribution in [1.29, 1.82) is 0 Å². The van der Waals surface area contributed by atoms with E-state index >= 15 is 0 Å². The summed E-state index contributed by atoms with van der Waals surface area (Å²) in [4.78, 5) is 28.5. The molecule has 26 heavy (non-hydrogen) atoms. The molecule has 0 atom stereocenters. The first kappa shape index (κ1) is 18.6. The van der Waals surface area contributed by atoms with Crippen molar-refractivity contribution in [2.24, 2.45) is 7.05 Å². The minimum Gasteiger partial charge on any atom is -0.464 e. The highest BCUT2D eigenvalue weighted by molar-refractivity contribution is 7.98. The van der Waals surface area contributed by atoms with Gasteiger partial charge in [0.1, 0.15) is 12.0 Å². The molecule has 134 valence electrons. The number of carbonyl (C=O) groups is 1. The fourth-order valence-corrected chi connectivity index (χ4v) is 3.33. The van der Waals surface area contributed by atoms with Gasteiger partial charge in [0.15, 0.2) is 5.16 Å². The van der Waals surface area contributed by atoms with Gasteiger partial charge in [0, 0.05) is 30.5 Å². The molecule has 0 bridgehead atoms. The topological polar surface area (TPSA) is 74.3 Å². The second-order valence-electron chi connectivity index (χ2n) is 5.20. The maximum Gasteiger partial charge on any atom is 0.345 e. The van der Waals surface area contributed by atoms with Crippen LogP contribution in [-0.2, 0) is 12.8 Å². The van der Waals surface area contributed by atoms with Gasteiger partial charge in [0.25, 0.3) is 0 Å². The summed E-state index contributed by atoms with van der Waals surface area (Å²) in [5.74, 6) is -0.134. The van der Waals surface area contributed by atoms with E-state index in [2.05, 4.69) is 4.98 Å². The molecule has 0 aliphatic carbocycles. The molecule has 0 N–H and O–H groups in total. The van der Waals surface area contributed by atoms with E-state index in [1.807, 2.05) is 17.8 Å². The van der Waals surface area contributed by atoms with E-state index in [0.29, 0.717) is 16.5 Å². The van der Waals surface area contributed by atoms with Crippen LogP contribution >= 0.6 is 35.0 Å². The van der Waals surface area contributed by atoms with E-state index in [0.717, 1.165) is 11.4 Å². The Bertz CT molecular complexity index is 1020. The largest absolute Gasteiger partial charge is 0.464 e. The number of rotatable bonds is 5. The van der Waals surface area contributed by atoms with Crippen LogP contribution in [0.1, 0.15) is 16.1 Å². The van der Waals surface area contributed by atoms with Crippen LogP contribution in [0.2, 0.25) is 10.0 Å². The molecule has 0 spiro atoms. The van der Waals surface area contributed by atoms with Gasteiger partial charge in [-0.3, -0.25) is 4.79 Å². The Morgan fingerprint density at radius 3 is 2.81 bits per heavy atom. The van der Waals surface area contributed by atoms with Crippen molar-refractivity contribution in [3.05, 3.63) is 74.5 Å². The monoisotopic (exact) mass is 410 g/mol. The van der Waals surface area contributed by atoms with Crippen LogP contribution in [0.3, 0.4) is 0 Å². The third-order valence-corrected chi connectivity index (χ3v) is 4.95. The summed E-state index contributed by atoms with van der Waals surface area (Å²) in [6.45, 7) is 0. The Hall–Kier alpha value is -2.22. The normalized spacial score (nSPS) is 10.7. The number of thioether (sulfide) groups is 1. The second-order valence-corrected chi connectivity index (χ2v) is 6.98. The van der Waals surface area contributed by atoms with Crippen molar-refractivity contribution in [3.8, 4) is 5.75 Å². The van der Waals surface area contributed by atoms with Crippen LogP contribution < -0.4 is 10.2 Å². The van der Waals surface area contributed by atoms with Crippen LogP contribution in [0, 0.1) is 0 Å². The number of esters is 1. The Kier molecular flexibility index (Phi) is 5.70. The predicted octanol–water partition coefficient (Wildman–Crippen LogP) is 4.19. The average Bonchev–Trinajstić information content (AvgIpc) is 3.00. The predicted molar refractivity (Wildman–Crippen MR) is 99.2 cm³/mol. The highest BCUT2D eigenvalue weighted by atomic mass is 35.5. The quantitative estimate of drug-likeness (QED) is 0.463. The van der Waals surface area contributed by atoms with Crippen molar-refractivity contribution in [1.82, 2.24) is 9.55 Å². The molecule has 0 fully saturated rings. The van der Waals surface area contributed by atoms with E-state index < -0.39 is 11.4 Å². The van der Waals surface area contributed by atoms with Crippen LogP contribution in [0.5, 0.6) is 5.75 Å². The average molecular weight is 411 g/mol. The van der Waals surface area contributed by atoms with E-state index in [9.17, 15) is 9.59 Å². The molecule has 3 rings (SSSR count). The van der Waals surface area contributed by atoms with Gasteiger partial charge in [-0.05, 0) is 18.2 Å². The number of nitrogens with zero attached hydrogens (tertiary/aromatic N) is 2. The van der Waals surface area contributed by atoms with Crippen molar-refractivity contribution >= 4 is 40.9 Å². The Morgan fingerprint density at radius 1 is 1.35 bits per heavy atom. The molecule has 0 radical (unpaired) electrons. The van der Waals surface area contributed by atoms with Gasteiger partial charge in [0.2, 0.25) is 11.2 Å². The van der Waals surface area contributed by atoms with Crippen molar-refractivity contribution < 1.29 is 13.9 Å². The lowest BCUT2D eigenvalue weighted by Crippen LogP contribution is -2.15. The Labute approximate surface area is 162 Å². The molecule has 0 amide bonds. The zero-order valence-corrected chi connectivity index (χ0v) is 15.8. The first-order valence-electron chi connectivity index (χ1n) is 7.33. The zero-order valence-electron chi connectivity index (χ0n) is 13.4. The highest BCUT2D eigenvalue weighted by Crippen LogP contribution is 2.23. The molecule has 0 saturated heterocycles. The maximum atomic E-state index is 12.2. The molecule has 3 aromatic rings. The van der Waals surface area contributed by atoms with E-state index in [1.54, 1.807) is 6.20 Å². The van der Waals surface area contributed by atoms with Gasteiger partial charge in [0.05, 0.1) is 16.3 Å². The smallest absolute Gasteiger partial charge is 0.345 e. The van der Waals surface area contributed by atoms with Gasteiger partial charge in [-0.2, -0.15) is 0 Å². The number of hydrogen-bond donors (Lipinski definition) is 0. The number of aromatic nitrogens is 2. The molecular formula is C17H12Cl2N2O4S. The fraction of sp³-hybridized carbons (Fsp3) is 0.118. The minimum absolute atomic E-state index is 0.102. The molecule has 2 aromatic heterocycles. The summed E-state index contributed by atoms with van der Waals surface area (Å²) in [6.07, 6.45) is 4.62. The van der Waals surface area contributed by atoms with Gasteiger partial charge in [-0.25, -0.2) is 9.78 Å². The summed E-state index contributed by atoms with van der Waals surface area (Å²) < 4.78 is 12.3. The SMILES string of the molecule is Cn1ccnc1SCc1cc(=O)c(OC(=O)c2ccc(Cl)cc2Cl)co1. The lowest BCUT2D eigenvalue weighted by Gasteiger charge is -2.06. The number of aryl methyl sites for hydroxylation is 1. The van der Waals surface area contributed by atoms with Gasteiger partial charge in [-0.15, -0.1) is 0 Å². The Balaban J connectivity index is 1.70. The lowest BCUT2D eigenvalue weighted by molar-refractivity contribution is 0.0729. The lowest BCUT2D eigenvalue weighted by atomic mass is 10.2. The molecule has 2 heterocycles. The third-order valence-electron chi connectivity index (χ3n) is 3.33. The number of halogens is 2. The van der Waals surface area contributed by atoms with Crippen LogP contribution in [0.4, 0.5) is 0 Å². The standard InChI is InChI=1S/C17H12Cl2N2O4S/c1-21-5-4-20-17(21)26-9-11-7-14(22)15(8-24-11)25-16(23)12-3-2-10(18)6-13(12)19/h2-8H,9H2,1H3. The number of carbonyl (C=O) groups excluding carboxylic acids is 1. The third kappa shape index (κ3) is 4.30. The minimum atomic E-state index is -0.769. The summed E-state index contributed by atoms with van der Waals surface area (Å²) in [7, 11) is 1.87. The van der Waals surface area contributed by atoms with Crippen LogP contribution in [0.25, 0.3) is 0 Å². The first-order valence-corrected chi connectivity index (χ1v) is 9.07. The fourth-order valence-electron chi connectivity index (χ4n) is 2.03.